The van der Waals surface area contributed by atoms with Gasteiger partial charge in [-0.05, 0) is 61.5 Å². The highest BCUT2D eigenvalue weighted by molar-refractivity contribution is 8.03. The molecule has 0 radical (unpaired) electrons. The first-order chi connectivity index (χ1) is 12.6. The smallest absolute Gasteiger partial charge is 0.342 e. The zero-order valence-corrected chi connectivity index (χ0v) is 15.5. The van der Waals surface area contributed by atoms with Gasteiger partial charge in [0.2, 0.25) is 0 Å². The van der Waals surface area contributed by atoms with Crippen molar-refractivity contribution in [3.63, 3.8) is 0 Å². The average Bonchev–Trinajstić information content (AvgIpc) is 3.06. The van der Waals surface area contributed by atoms with E-state index in [1.807, 2.05) is 48.5 Å². The molecule has 0 aliphatic carbocycles. The van der Waals surface area contributed by atoms with Crippen molar-refractivity contribution in [2.45, 2.75) is 19.1 Å². The molecule has 0 atom stereocenters. The number of hydrogen-bond donors (Lipinski definition) is 1. The molecule has 0 spiro atoms. The summed E-state index contributed by atoms with van der Waals surface area (Å²) in [4.78, 5) is 18.3. The number of aromatic nitrogens is 1. The van der Waals surface area contributed by atoms with E-state index in [-0.39, 0.29) is 4.91 Å². The van der Waals surface area contributed by atoms with Crippen LogP contribution < -0.4 is 4.90 Å². The Morgan fingerprint density at radius 1 is 1.15 bits per heavy atom. The van der Waals surface area contributed by atoms with Crippen molar-refractivity contribution in [1.82, 2.24) is 4.98 Å². The Bertz CT molecular complexity index is 895. The number of nitrogens with zero attached hydrogens (tertiary/aromatic N) is 2. The van der Waals surface area contributed by atoms with E-state index in [1.54, 1.807) is 6.08 Å². The van der Waals surface area contributed by atoms with Crippen LogP contribution in [0.4, 0.5) is 5.69 Å². The van der Waals surface area contributed by atoms with Crippen LogP contribution in [0.1, 0.15) is 19.4 Å². The van der Waals surface area contributed by atoms with E-state index in [9.17, 15) is 9.90 Å². The van der Waals surface area contributed by atoms with Crippen molar-refractivity contribution >= 4 is 40.6 Å². The van der Waals surface area contributed by atoms with E-state index in [0.717, 1.165) is 36.1 Å². The van der Waals surface area contributed by atoms with Gasteiger partial charge in [-0.2, -0.15) is 0 Å². The topological polar surface area (TPSA) is 66.6 Å². The van der Waals surface area contributed by atoms with Crippen molar-refractivity contribution in [2.75, 3.05) is 18.0 Å². The zero-order chi connectivity index (χ0) is 18.5. The molecule has 0 unspecified atom stereocenters. The number of carbonyl (C=O) groups is 1. The first kappa shape index (κ1) is 18.1. The summed E-state index contributed by atoms with van der Waals surface area (Å²) in [5, 5.41) is 9.84. The number of carboxylic acid groups (broad SMARTS) is 1. The van der Waals surface area contributed by atoms with Crippen LogP contribution in [0.15, 0.2) is 63.1 Å². The molecular weight excluding hydrogens is 348 g/mol. The third-order valence-electron chi connectivity index (χ3n) is 4.00. The molecule has 1 heterocycles. The van der Waals surface area contributed by atoms with E-state index in [1.165, 1.54) is 0 Å². The molecule has 134 valence electrons. The number of fused-ring (bicyclic) bond motifs is 1. The lowest BCUT2D eigenvalue weighted by Gasteiger charge is -2.20. The quantitative estimate of drug-likeness (QED) is 0.473. The van der Waals surface area contributed by atoms with Gasteiger partial charge in [-0.15, -0.1) is 0 Å². The summed E-state index contributed by atoms with van der Waals surface area (Å²) in [6.07, 6.45) is 1.63. The second kappa shape index (κ2) is 8.10. The van der Waals surface area contributed by atoms with Crippen LogP contribution in [0.5, 0.6) is 0 Å². The SMILES string of the molecule is CCN(CC)c1ccc(/C=C(\Sc2nc3ccccc3o2)C(=O)O)cc1. The first-order valence-corrected chi connectivity index (χ1v) is 9.25. The number of benzene rings is 2. The van der Waals surface area contributed by atoms with Crippen molar-refractivity contribution in [3.05, 3.63) is 59.0 Å². The van der Waals surface area contributed by atoms with Gasteiger partial charge >= 0.3 is 5.97 Å². The molecule has 0 bridgehead atoms. The van der Waals surface area contributed by atoms with E-state index < -0.39 is 5.97 Å². The van der Waals surface area contributed by atoms with Crippen LogP contribution in [0.25, 0.3) is 17.2 Å². The number of para-hydroxylation sites is 2. The van der Waals surface area contributed by atoms with Crippen LogP contribution in [-0.2, 0) is 4.79 Å². The van der Waals surface area contributed by atoms with Crippen LogP contribution in [-0.4, -0.2) is 29.1 Å². The lowest BCUT2D eigenvalue weighted by atomic mass is 10.2. The summed E-state index contributed by atoms with van der Waals surface area (Å²) in [6.45, 7) is 6.08. The molecule has 0 saturated heterocycles. The van der Waals surface area contributed by atoms with Gasteiger partial charge in [0.25, 0.3) is 5.22 Å². The second-order valence-corrected chi connectivity index (χ2v) is 6.62. The maximum Gasteiger partial charge on any atom is 0.342 e. The molecule has 2 aromatic carbocycles. The highest BCUT2D eigenvalue weighted by Gasteiger charge is 2.15. The molecule has 3 aromatic rings. The summed E-state index contributed by atoms with van der Waals surface area (Å²) in [7, 11) is 0. The van der Waals surface area contributed by atoms with E-state index in [2.05, 4.69) is 23.7 Å². The van der Waals surface area contributed by atoms with Crippen LogP contribution in [0, 0.1) is 0 Å². The lowest BCUT2D eigenvalue weighted by Crippen LogP contribution is -2.21. The Hall–Kier alpha value is -2.73. The average molecular weight is 368 g/mol. The first-order valence-electron chi connectivity index (χ1n) is 8.44. The maximum atomic E-state index is 11.6. The van der Waals surface area contributed by atoms with Gasteiger partial charge in [-0.3, -0.25) is 0 Å². The van der Waals surface area contributed by atoms with Gasteiger partial charge < -0.3 is 14.4 Å². The molecule has 1 aromatic heterocycles. The Morgan fingerprint density at radius 2 is 1.85 bits per heavy atom. The normalized spacial score (nSPS) is 11.7. The Kier molecular flexibility index (Phi) is 5.63. The summed E-state index contributed by atoms with van der Waals surface area (Å²) in [5.41, 5.74) is 3.30. The molecule has 0 fully saturated rings. The molecular formula is C20H20N2O3S. The monoisotopic (exact) mass is 368 g/mol. The van der Waals surface area contributed by atoms with Gasteiger partial charge in [0.05, 0.1) is 0 Å². The molecule has 1 N–H and O–H groups in total. The Labute approximate surface area is 156 Å². The highest BCUT2D eigenvalue weighted by Crippen LogP contribution is 2.30. The van der Waals surface area contributed by atoms with E-state index in [4.69, 9.17) is 4.42 Å². The molecule has 0 amide bonds. The number of aliphatic carboxylic acids is 1. The van der Waals surface area contributed by atoms with Gasteiger partial charge in [0.15, 0.2) is 5.58 Å². The number of carboxylic acids is 1. The Morgan fingerprint density at radius 3 is 2.46 bits per heavy atom. The molecule has 26 heavy (non-hydrogen) atoms. The standard InChI is InChI=1S/C20H20N2O3S/c1-3-22(4-2)15-11-9-14(10-12-15)13-18(19(23)24)26-20-21-16-7-5-6-8-17(16)25-20/h5-13H,3-4H2,1-2H3,(H,23,24)/b18-13-. The highest BCUT2D eigenvalue weighted by atomic mass is 32.2. The minimum atomic E-state index is -1.01. The number of rotatable bonds is 7. The van der Waals surface area contributed by atoms with Crippen molar-refractivity contribution in [3.8, 4) is 0 Å². The molecule has 0 aliphatic rings. The van der Waals surface area contributed by atoms with Gasteiger partial charge in [-0.1, -0.05) is 24.3 Å². The number of thioether (sulfide) groups is 1. The van der Waals surface area contributed by atoms with Crippen molar-refractivity contribution in [2.24, 2.45) is 0 Å². The fraction of sp³-hybridized carbons (Fsp3) is 0.200. The summed E-state index contributed by atoms with van der Waals surface area (Å²) in [5.74, 6) is -1.01. The number of oxazole rings is 1. The minimum absolute atomic E-state index is 0.159. The zero-order valence-electron chi connectivity index (χ0n) is 14.7. The van der Waals surface area contributed by atoms with Gasteiger partial charge in [0.1, 0.15) is 10.4 Å². The third-order valence-corrected chi connectivity index (χ3v) is 4.86. The summed E-state index contributed by atoms with van der Waals surface area (Å²) >= 11 is 1.01. The number of anilines is 1. The summed E-state index contributed by atoms with van der Waals surface area (Å²) in [6, 6.07) is 15.2. The Balaban J connectivity index is 1.84. The molecule has 5 nitrogen and oxygen atoms in total. The molecule has 0 saturated carbocycles. The lowest BCUT2D eigenvalue weighted by molar-refractivity contribution is -0.131. The molecule has 0 aliphatic heterocycles. The minimum Gasteiger partial charge on any atom is -0.477 e. The predicted octanol–water partition coefficient (Wildman–Crippen LogP) is 4.89. The molecule has 6 heteroatoms. The summed E-state index contributed by atoms with van der Waals surface area (Å²) < 4.78 is 5.61. The largest absolute Gasteiger partial charge is 0.477 e. The van der Waals surface area contributed by atoms with Crippen molar-refractivity contribution < 1.29 is 14.3 Å². The van der Waals surface area contributed by atoms with E-state index in [0.29, 0.717) is 16.3 Å². The number of hydrogen-bond acceptors (Lipinski definition) is 5. The van der Waals surface area contributed by atoms with Crippen LogP contribution in [0.2, 0.25) is 0 Å². The molecule has 3 rings (SSSR count). The van der Waals surface area contributed by atoms with Gasteiger partial charge in [-0.25, -0.2) is 9.78 Å². The fourth-order valence-corrected chi connectivity index (χ4v) is 3.39. The van der Waals surface area contributed by atoms with Crippen molar-refractivity contribution in [1.29, 1.82) is 0 Å². The third kappa shape index (κ3) is 4.08. The van der Waals surface area contributed by atoms with Crippen LogP contribution >= 0.6 is 11.8 Å². The second-order valence-electron chi connectivity index (χ2n) is 5.63. The van der Waals surface area contributed by atoms with E-state index >= 15 is 0 Å². The van der Waals surface area contributed by atoms with Gasteiger partial charge in [0, 0.05) is 18.8 Å². The maximum absolute atomic E-state index is 11.6. The van der Waals surface area contributed by atoms with Crippen LogP contribution in [0.3, 0.4) is 0 Å². The fourth-order valence-electron chi connectivity index (χ4n) is 2.65. The predicted molar refractivity (Wildman–Crippen MR) is 105 cm³/mol.